The number of rotatable bonds is 6. The molecule has 0 aromatic carbocycles. The maximum atomic E-state index is 11.5. The number of carbonyl (C=O) groups excluding carboxylic acids is 1. The molecule has 0 aliphatic heterocycles. The van der Waals surface area contributed by atoms with Crippen LogP contribution in [0.15, 0.2) is 17.5 Å². The highest BCUT2D eigenvalue weighted by Gasteiger charge is 2.18. The molecule has 18 heavy (non-hydrogen) atoms. The van der Waals surface area contributed by atoms with Crippen LogP contribution >= 0.6 is 11.3 Å². The third-order valence-corrected chi connectivity index (χ3v) is 3.22. The van der Waals surface area contributed by atoms with Gasteiger partial charge >= 0.3 is 5.97 Å². The van der Waals surface area contributed by atoms with Gasteiger partial charge in [0.05, 0.1) is 6.61 Å². The quantitative estimate of drug-likeness (QED) is 0.763. The summed E-state index contributed by atoms with van der Waals surface area (Å²) in [4.78, 5) is 23.3. The number of hydrogen-bond acceptors (Lipinski definition) is 4. The molecule has 98 valence electrons. The maximum Gasteiger partial charge on any atom is 0.328 e. The molecule has 1 rings (SSSR count). The second kappa shape index (κ2) is 6.93. The molecular formula is C12H15NO4S. The average molecular weight is 269 g/mol. The van der Waals surface area contributed by atoms with Crippen LogP contribution in [0.2, 0.25) is 0 Å². The van der Waals surface area contributed by atoms with Crippen LogP contribution in [0, 0.1) is 6.92 Å². The van der Waals surface area contributed by atoms with E-state index in [0.29, 0.717) is 0 Å². The van der Waals surface area contributed by atoms with Crippen LogP contribution in [0.4, 0.5) is 0 Å². The Labute approximate surface area is 109 Å². The van der Waals surface area contributed by atoms with Gasteiger partial charge in [-0.2, -0.15) is 0 Å². The SMILES string of the molecule is COCC(NC(=O)/C=C/c1sccc1C)C(=O)O. The minimum atomic E-state index is -1.12. The molecule has 0 saturated carbocycles. The molecule has 2 N–H and O–H groups in total. The van der Waals surface area contributed by atoms with Gasteiger partial charge in [0.25, 0.3) is 0 Å². The maximum absolute atomic E-state index is 11.5. The molecule has 0 saturated heterocycles. The number of nitrogens with one attached hydrogen (secondary N) is 1. The molecule has 0 fully saturated rings. The van der Waals surface area contributed by atoms with Crippen molar-refractivity contribution in [1.29, 1.82) is 0 Å². The number of carboxylic acids is 1. The van der Waals surface area contributed by atoms with Crippen LogP contribution in [0.5, 0.6) is 0 Å². The highest BCUT2D eigenvalue weighted by molar-refractivity contribution is 7.11. The number of aliphatic carboxylic acids is 1. The molecule has 1 aromatic heterocycles. The number of methoxy groups -OCH3 is 1. The third-order valence-electron chi connectivity index (χ3n) is 2.24. The van der Waals surface area contributed by atoms with Gasteiger partial charge in [-0.05, 0) is 30.0 Å². The Hall–Kier alpha value is -1.66. The first kappa shape index (κ1) is 14.4. The molecule has 0 spiro atoms. The van der Waals surface area contributed by atoms with Gasteiger partial charge in [-0.25, -0.2) is 4.79 Å². The standard InChI is InChI=1S/C12H15NO4S/c1-8-5-6-18-10(8)3-4-11(14)13-9(7-17-2)12(15)16/h3-6,9H,7H2,1-2H3,(H,13,14)(H,15,16)/b4-3+. The molecule has 0 radical (unpaired) electrons. The lowest BCUT2D eigenvalue weighted by Gasteiger charge is -2.11. The Bertz CT molecular complexity index is 453. The zero-order chi connectivity index (χ0) is 13.5. The van der Waals surface area contributed by atoms with E-state index in [0.717, 1.165) is 10.4 Å². The molecular weight excluding hydrogens is 254 g/mol. The number of carboxylic acid groups (broad SMARTS) is 1. The lowest BCUT2D eigenvalue weighted by molar-refractivity contribution is -0.142. The summed E-state index contributed by atoms with van der Waals surface area (Å²) < 4.78 is 4.72. The Balaban J connectivity index is 2.58. The summed E-state index contributed by atoms with van der Waals surface area (Å²) in [6.07, 6.45) is 2.99. The third kappa shape index (κ3) is 4.31. The van der Waals surface area contributed by atoms with E-state index in [-0.39, 0.29) is 6.61 Å². The van der Waals surface area contributed by atoms with Crippen molar-refractivity contribution >= 4 is 29.3 Å². The molecule has 1 aromatic rings. The number of carbonyl (C=O) groups is 2. The van der Waals surface area contributed by atoms with E-state index in [1.165, 1.54) is 24.5 Å². The topological polar surface area (TPSA) is 75.6 Å². The molecule has 0 aliphatic rings. The summed E-state index contributed by atoms with van der Waals surface area (Å²) in [7, 11) is 1.38. The van der Waals surface area contributed by atoms with Gasteiger partial charge in [-0.3, -0.25) is 4.79 Å². The van der Waals surface area contributed by atoms with Gasteiger partial charge < -0.3 is 15.2 Å². The Morgan fingerprint density at radius 1 is 1.61 bits per heavy atom. The van der Waals surface area contributed by atoms with Crippen LogP contribution in [0.1, 0.15) is 10.4 Å². The molecule has 1 heterocycles. The van der Waals surface area contributed by atoms with Gasteiger partial charge in [-0.1, -0.05) is 0 Å². The van der Waals surface area contributed by atoms with Crippen molar-refractivity contribution < 1.29 is 19.4 Å². The molecule has 1 unspecified atom stereocenters. The van der Waals surface area contributed by atoms with Crippen molar-refractivity contribution in [2.24, 2.45) is 0 Å². The average Bonchev–Trinajstić information content (AvgIpc) is 2.71. The van der Waals surface area contributed by atoms with Crippen LogP contribution in [-0.4, -0.2) is 36.7 Å². The number of amides is 1. The van der Waals surface area contributed by atoms with E-state index in [2.05, 4.69) is 5.32 Å². The second-order valence-corrected chi connectivity index (χ2v) is 4.60. The van der Waals surface area contributed by atoms with Crippen LogP contribution in [0.25, 0.3) is 6.08 Å². The zero-order valence-corrected chi connectivity index (χ0v) is 11.0. The smallest absolute Gasteiger partial charge is 0.328 e. The first-order chi connectivity index (χ1) is 8.54. The summed E-state index contributed by atoms with van der Waals surface area (Å²) >= 11 is 1.52. The van der Waals surface area contributed by atoms with Crippen molar-refractivity contribution in [1.82, 2.24) is 5.32 Å². The number of ether oxygens (including phenoxy) is 1. The predicted molar refractivity (Wildman–Crippen MR) is 69.5 cm³/mol. The summed E-state index contributed by atoms with van der Waals surface area (Å²) in [5, 5.41) is 13.1. The van der Waals surface area contributed by atoms with Gasteiger partial charge in [0.1, 0.15) is 0 Å². The monoisotopic (exact) mass is 269 g/mol. The molecule has 0 bridgehead atoms. The first-order valence-electron chi connectivity index (χ1n) is 5.29. The minimum absolute atomic E-state index is 0.0626. The highest BCUT2D eigenvalue weighted by Crippen LogP contribution is 2.16. The predicted octanol–water partition coefficient (Wildman–Crippen LogP) is 1.29. The molecule has 1 amide bonds. The van der Waals surface area contributed by atoms with E-state index in [4.69, 9.17) is 9.84 Å². The Kier molecular flexibility index (Phi) is 5.54. The highest BCUT2D eigenvalue weighted by atomic mass is 32.1. The lowest BCUT2D eigenvalue weighted by Crippen LogP contribution is -2.43. The van der Waals surface area contributed by atoms with E-state index in [9.17, 15) is 9.59 Å². The van der Waals surface area contributed by atoms with Crippen LogP contribution in [-0.2, 0) is 14.3 Å². The Morgan fingerprint density at radius 2 is 2.33 bits per heavy atom. The fourth-order valence-electron chi connectivity index (χ4n) is 1.27. The molecule has 0 aliphatic carbocycles. The van der Waals surface area contributed by atoms with E-state index < -0.39 is 17.9 Å². The largest absolute Gasteiger partial charge is 0.480 e. The van der Waals surface area contributed by atoms with Gasteiger partial charge in [0.15, 0.2) is 6.04 Å². The normalized spacial score (nSPS) is 12.6. The molecule has 5 nitrogen and oxygen atoms in total. The van der Waals surface area contributed by atoms with Crippen molar-refractivity contribution in [3.8, 4) is 0 Å². The van der Waals surface area contributed by atoms with Crippen molar-refractivity contribution in [3.05, 3.63) is 28.0 Å². The van der Waals surface area contributed by atoms with E-state index in [1.54, 1.807) is 6.08 Å². The van der Waals surface area contributed by atoms with Crippen molar-refractivity contribution in [2.75, 3.05) is 13.7 Å². The summed E-state index contributed by atoms with van der Waals surface area (Å²) in [5.74, 6) is -1.57. The molecule has 6 heteroatoms. The number of aryl methyl sites for hydroxylation is 1. The second-order valence-electron chi connectivity index (χ2n) is 3.66. The van der Waals surface area contributed by atoms with Gasteiger partial charge in [0.2, 0.25) is 5.91 Å². The van der Waals surface area contributed by atoms with Gasteiger partial charge in [0, 0.05) is 18.1 Å². The summed E-state index contributed by atoms with van der Waals surface area (Å²) in [6.45, 7) is 1.88. The van der Waals surface area contributed by atoms with Crippen LogP contribution < -0.4 is 5.32 Å². The van der Waals surface area contributed by atoms with E-state index in [1.807, 2.05) is 18.4 Å². The van der Waals surface area contributed by atoms with Crippen LogP contribution in [0.3, 0.4) is 0 Å². The summed E-state index contributed by atoms with van der Waals surface area (Å²) in [5.41, 5.74) is 1.08. The zero-order valence-electron chi connectivity index (χ0n) is 10.2. The number of hydrogen-bond donors (Lipinski definition) is 2. The fourth-order valence-corrected chi connectivity index (χ4v) is 2.09. The first-order valence-corrected chi connectivity index (χ1v) is 6.17. The van der Waals surface area contributed by atoms with Gasteiger partial charge in [-0.15, -0.1) is 11.3 Å². The summed E-state index contributed by atoms with van der Waals surface area (Å²) in [6, 6.07) is 0.921. The van der Waals surface area contributed by atoms with E-state index >= 15 is 0 Å². The Morgan fingerprint density at radius 3 is 2.83 bits per heavy atom. The van der Waals surface area contributed by atoms with Crippen molar-refractivity contribution in [3.63, 3.8) is 0 Å². The molecule has 1 atom stereocenters. The number of thiophene rings is 1. The minimum Gasteiger partial charge on any atom is -0.480 e. The van der Waals surface area contributed by atoms with Crippen molar-refractivity contribution in [2.45, 2.75) is 13.0 Å². The fraction of sp³-hybridized carbons (Fsp3) is 0.333. The lowest BCUT2D eigenvalue weighted by atomic mass is 10.2.